The molecule has 1 atom stereocenters. The molecule has 7 nitrogen and oxygen atoms in total. The minimum absolute atomic E-state index is 0.121. The van der Waals surface area contributed by atoms with Crippen LogP contribution >= 0.6 is 0 Å². The molecule has 88 valence electrons. The lowest BCUT2D eigenvalue weighted by molar-refractivity contribution is -0.165. The van der Waals surface area contributed by atoms with Crippen molar-refractivity contribution in [2.75, 3.05) is 7.11 Å². The Labute approximate surface area is 91.4 Å². The smallest absolute Gasteiger partial charge is 0.323 e. The van der Waals surface area contributed by atoms with Crippen molar-refractivity contribution in [2.45, 2.75) is 20.3 Å². The zero-order chi connectivity index (χ0) is 12.3. The molecule has 1 N–H and O–H groups in total. The first-order valence-corrected chi connectivity index (χ1v) is 4.51. The lowest BCUT2D eigenvalue weighted by Crippen LogP contribution is -2.39. The summed E-state index contributed by atoms with van der Waals surface area (Å²) in [5, 5.41) is 16.1. The number of methoxy groups -OCH3 is 1. The quantitative estimate of drug-likeness (QED) is 0.579. The van der Waals surface area contributed by atoms with Gasteiger partial charge in [-0.05, 0) is 13.8 Å². The average Bonchev–Trinajstić information content (AvgIpc) is 2.62. The van der Waals surface area contributed by atoms with Crippen molar-refractivity contribution in [3.05, 3.63) is 11.4 Å². The number of carboxylic acid groups (broad SMARTS) is 1. The number of esters is 1. The second-order valence-electron chi connectivity index (χ2n) is 3.60. The monoisotopic (exact) mass is 228 g/mol. The molecule has 1 rings (SSSR count). The molecule has 1 aromatic heterocycles. The zero-order valence-corrected chi connectivity index (χ0v) is 9.18. The molecule has 0 bridgehead atoms. The number of aromatic nitrogens is 2. The van der Waals surface area contributed by atoms with E-state index in [0.29, 0.717) is 11.4 Å². The normalized spacial score (nSPS) is 14.2. The lowest BCUT2D eigenvalue weighted by Gasteiger charge is -2.20. The molecule has 1 aromatic rings. The van der Waals surface area contributed by atoms with Gasteiger partial charge in [0.25, 0.3) is 0 Å². The molecule has 0 radical (unpaired) electrons. The van der Waals surface area contributed by atoms with Crippen LogP contribution in [-0.2, 0) is 20.7 Å². The van der Waals surface area contributed by atoms with Crippen LogP contribution in [0.5, 0.6) is 0 Å². The van der Waals surface area contributed by atoms with E-state index in [1.165, 1.54) is 6.92 Å². The van der Waals surface area contributed by atoms with Gasteiger partial charge in [0.2, 0.25) is 0 Å². The molecule has 0 amide bonds. The molecule has 0 spiro atoms. The van der Waals surface area contributed by atoms with E-state index in [4.69, 9.17) is 5.11 Å². The van der Waals surface area contributed by atoms with Gasteiger partial charge in [-0.25, -0.2) is 4.63 Å². The second-order valence-corrected chi connectivity index (χ2v) is 3.60. The number of hydrogen-bond donors (Lipinski definition) is 1. The third-order valence-electron chi connectivity index (χ3n) is 2.38. The van der Waals surface area contributed by atoms with Crippen LogP contribution in [-0.4, -0.2) is 34.5 Å². The third-order valence-corrected chi connectivity index (χ3v) is 2.38. The number of aryl methyl sites for hydroxylation is 1. The fourth-order valence-corrected chi connectivity index (χ4v) is 1.21. The van der Waals surface area contributed by atoms with Gasteiger partial charge in [0.1, 0.15) is 11.4 Å². The number of carbonyl (C=O) groups is 2. The Balaban J connectivity index is 3.01. The van der Waals surface area contributed by atoms with Crippen molar-refractivity contribution in [2.24, 2.45) is 5.41 Å². The first-order valence-electron chi connectivity index (χ1n) is 4.51. The molecule has 0 saturated carbocycles. The van der Waals surface area contributed by atoms with Gasteiger partial charge >= 0.3 is 11.9 Å². The van der Waals surface area contributed by atoms with Crippen molar-refractivity contribution in [1.29, 1.82) is 0 Å². The SMILES string of the molecule is COC(=O)C(C)(Cc1nonc1C)C(=O)O. The molecule has 0 aliphatic rings. The summed E-state index contributed by atoms with van der Waals surface area (Å²) in [6, 6.07) is 0. The summed E-state index contributed by atoms with van der Waals surface area (Å²) in [5.74, 6) is -2.11. The fourth-order valence-electron chi connectivity index (χ4n) is 1.21. The molecule has 0 aliphatic heterocycles. The predicted octanol–water partition coefficient (Wildman–Crippen LogP) is 0.184. The van der Waals surface area contributed by atoms with Gasteiger partial charge in [-0.2, -0.15) is 0 Å². The minimum atomic E-state index is -1.68. The van der Waals surface area contributed by atoms with Gasteiger partial charge in [0.05, 0.1) is 7.11 Å². The van der Waals surface area contributed by atoms with Crippen molar-refractivity contribution in [1.82, 2.24) is 10.3 Å². The van der Waals surface area contributed by atoms with Crippen LogP contribution in [0.3, 0.4) is 0 Å². The van der Waals surface area contributed by atoms with Gasteiger partial charge < -0.3 is 9.84 Å². The molecule has 16 heavy (non-hydrogen) atoms. The Morgan fingerprint density at radius 3 is 2.50 bits per heavy atom. The van der Waals surface area contributed by atoms with Crippen LogP contribution in [0.4, 0.5) is 0 Å². The summed E-state index contributed by atoms with van der Waals surface area (Å²) in [6.07, 6.45) is -0.121. The molecule has 0 saturated heterocycles. The number of aliphatic carboxylic acids is 1. The number of carbonyl (C=O) groups excluding carboxylic acids is 1. The maximum absolute atomic E-state index is 11.4. The second kappa shape index (κ2) is 4.30. The summed E-state index contributed by atoms with van der Waals surface area (Å²) in [4.78, 5) is 22.5. The predicted molar refractivity (Wildman–Crippen MR) is 50.5 cm³/mol. The van der Waals surface area contributed by atoms with E-state index in [9.17, 15) is 9.59 Å². The van der Waals surface area contributed by atoms with E-state index in [0.717, 1.165) is 7.11 Å². The van der Waals surface area contributed by atoms with Crippen molar-refractivity contribution < 1.29 is 24.1 Å². The van der Waals surface area contributed by atoms with Crippen molar-refractivity contribution in [3.63, 3.8) is 0 Å². The van der Waals surface area contributed by atoms with Crippen LogP contribution in [0, 0.1) is 12.3 Å². The van der Waals surface area contributed by atoms with E-state index in [2.05, 4.69) is 19.7 Å². The maximum atomic E-state index is 11.4. The van der Waals surface area contributed by atoms with E-state index >= 15 is 0 Å². The first-order chi connectivity index (χ1) is 7.41. The van der Waals surface area contributed by atoms with Gasteiger partial charge in [0.15, 0.2) is 5.41 Å². The Hall–Kier alpha value is -1.92. The number of ether oxygens (including phenoxy) is 1. The highest BCUT2D eigenvalue weighted by Crippen LogP contribution is 2.24. The van der Waals surface area contributed by atoms with Gasteiger partial charge in [-0.1, -0.05) is 10.3 Å². The van der Waals surface area contributed by atoms with E-state index in [1.807, 2.05) is 0 Å². The van der Waals surface area contributed by atoms with Crippen LogP contribution in [0.25, 0.3) is 0 Å². The zero-order valence-electron chi connectivity index (χ0n) is 9.18. The first kappa shape index (κ1) is 12.2. The van der Waals surface area contributed by atoms with Crippen LogP contribution < -0.4 is 0 Å². The highest BCUT2D eigenvalue weighted by Gasteiger charge is 2.44. The van der Waals surface area contributed by atoms with Crippen LogP contribution in [0.2, 0.25) is 0 Å². The van der Waals surface area contributed by atoms with Crippen molar-refractivity contribution >= 4 is 11.9 Å². The summed E-state index contributed by atoms with van der Waals surface area (Å²) in [5.41, 5.74) is -0.899. The molecule has 0 aromatic carbocycles. The minimum Gasteiger partial charge on any atom is -0.480 e. The molecular formula is C9H12N2O5. The van der Waals surface area contributed by atoms with Gasteiger partial charge in [-0.3, -0.25) is 9.59 Å². The van der Waals surface area contributed by atoms with Gasteiger partial charge in [0, 0.05) is 6.42 Å². The summed E-state index contributed by atoms with van der Waals surface area (Å²) < 4.78 is 8.91. The molecule has 1 unspecified atom stereocenters. The molecule has 0 fully saturated rings. The van der Waals surface area contributed by atoms with Crippen LogP contribution in [0.15, 0.2) is 4.63 Å². The number of nitrogens with zero attached hydrogens (tertiary/aromatic N) is 2. The number of rotatable bonds is 4. The van der Waals surface area contributed by atoms with E-state index < -0.39 is 17.4 Å². The highest BCUT2D eigenvalue weighted by molar-refractivity contribution is 5.98. The average molecular weight is 228 g/mol. The summed E-state index contributed by atoms with van der Waals surface area (Å²) in [7, 11) is 1.14. The summed E-state index contributed by atoms with van der Waals surface area (Å²) in [6.45, 7) is 2.89. The van der Waals surface area contributed by atoms with E-state index in [1.54, 1.807) is 6.92 Å². The molecule has 0 aliphatic carbocycles. The molecular weight excluding hydrogens is 216 g/mol. The Morgan fingerprint density at radius 2 is 2.12 bits per heavy atom. The summed E-state index contributed by atoms with van der Waals surface area (Å²) >= 11 is 0. The third kappa shape index (κ3) is 2.02. The molecule has 1 heterocycles. The number of carboxylic acids is 1. The fraction of sp³-hybridized carbons (Fsp3) is 0.556. The Bertz CT molecular complexity index is 414. The standard InChI is InChI=1S/C9H12N2O5/c1-5-6(11-16-10-5)4-9(2,7(12)13)8(14)15-3/h4H2,1-3H3,(H,12,13). The van der Waals surface area contributed by atoms with Gasteiger partial charge in [-0.15, -0.1) is 0 Å². The Kier molecular flexibility index (Phi) is 3.26. The topological polar surface area (TPSA) is 103 Å². The lowest BCUT2D eigenvalue weighted by atomic mass is 9.85. The Morgan fingerprint density at radius 1 is 1.50 bits per heavy atom. The highest BCUT2D eigenvalue weighted by atomic mass is 16.6. The number of hydrogen-bond acceptors (Lipinski definition) is 6. The maximum Gasteiger partial charge on any atom is 0.323 e. The van der Waals surface area contributed by atoms with Crippen LogP contribution in [0.1, 0.15) is 18.3 Å². The van der Waals surface area contributed by atoms with E-state index in [-0.39, 0.29) is 6.42 Å². The van der Waals surface area contributed by atoms with Crippen molar-refractivity contribution in [3.8, 4) is 0 Å². The molecule has 7 heteroatoms. The largest absolute Gasteiger partial charge is 0.480 e.